The molecule has 0 aliphatic carbocycles. The number of nitrogens with zero attached hydrogens (tertiary/aromatic N) is 3. The minimum absolute atomic E-state index is 0.0566. The van der Waals surface area contributed by atoms with Gasteiger partial charge in [0.25, 0.3) is 5.91 Å². The first-order valence-corrected chi connectivity index (χ1v) is 9.53. The fraction of sp³-hybridized carbons (Fsp3) is 0.550. The number of hydrogen-bond donors (Lipinski definition) is 1. The van der Waals surface area contributed by atoms with Crippen LogP contribution >= 0.6 is 0 Å². The molecule has 27 heavy (non-hydrogen) atoms. The van der Waals surface area contributed by atoms with E-state index in [1.165, 1.54) is 12.1 Å². The first kappa shape index (κ1) is 19.2. The Balaban J connectivity index is 1.88. The lowest BCUT2D eigenvalue weighted by Crippen LogP contribution is -2.70. The van der Waals surface area contributed by atoms with E-state index < -0.39 is 12.2 Å². The zero-order chi connectivity index (χ0) is 19.7. The number of aromatic hydroxyl groups is 1. The van der Waals surface area contributed by atoms with Gasteiger partial charge in [0.2, 0.25) is 11.8 Å². The van der Waals surface area contributed by atoms with Crippen molar-refractivity contribution in [1.82, 2.24) is 14.7 Å². The van der Waals surface area contributed by atoms with Gasteiger partial charge >= 0.3 is 0 Å². The molecule has 2 saturated heterocycles. The van der Waals surface area contributed by atoms with E-state index in [4.69, 9.17) is 0 Å². The Morgan fingerprint density at radius 3 is 2.56 bits per heavy atom. The molecule has 2 unspecified atom stereocenters. The number of carbonyl (C=O) groups is 3. The molecule has 1 aromatic rings. The number of carbonyl (C=O) groups excluding carboxylic acids is 3. The van der Waals surface area contributed by atoms with Crippen molar-refractivity contribution in [2.45, 2.75) is 45.8 Å². The number of fused-ring (bicyclic) bond motifs is 1. The van der Waals surface area contributed by atoms with Crippen LogP contribution in [0.15, 0.2) is 24.3 Å². The molecule has 7 nitrogen and oxygen atoms in total. The first-order chi connectivity index (χ1) is 12.8. The molecule has 2 heterocycles. The lowest BCUT2D eigenvalue weighted by molar-refractivity contribution is -0.166. The predicted octanol–water partition coefficient (Wildman–Crippen LogP) is 1.67. The van der Waals surface area contributed by atoms with E-state index in [1.807, 2.05) is 0 Å². The van der Waals surface area contributed by atoms with Gasteiger partial charge in [-0.05, 0) is 37.1 Å². The molecular formula is C20H27N3O4. The van der Waals surface area contributed by atoms with Gasteiger partial charge in [-0.15, -0.1) is 0 Å². The van der Waals surface area contributed by atoms with Crippen LogP contribution < -0.4 is 0 Å². The van der Waals surface area contributed by atoms with Crippen molar-refractivity contribution in [2.24, 2.45) is 5.92 Å². The molecule has 146 valence electrons. The molecule has 0 aromatic heterocycles. The second-order valence-corrected chi connectivity index (χ2v) is 7.51. The molecule has 0 bridgehead atoms. The summed E-state index contributed by atoms with van der Waals surface area (Å²) in [7, 11) is 0. The molecule has 0 spiro atoms. The van der Waals surface area contributed by atoms with E-state index in [2.05, 4.69) is 13.8 Å². The molecule has 7 heteroatoms. The van der Waals surface area contributed by atoms with E-state index in [0.29, 0.717) is 31.1 Å². The van der Waals surface area contributed by atoms with E-state index in [0.717, 1.165) is 6.42 Å². The third-order valence-electron chi connectivity index (χ3n) is 5.61. The number of hydrogen-bond acceptors (Lipinski definition) is 4. The summed E-state index contributed by atoms with van der Waals surface area (Å²) >= 11 is 0. The Hall–Kier alpha value is -2.57. The van der Waals surface area contributed by atoms with Crippen molar-refractivity contribution >= 4 is 17.7 Å². The van der Waals surface area contributed by atoms with Crippen LogP contribution in [0, 0.1) is 5.92 Å². The SMILES string of the molecule is CCC(C)CN1CC2N(C(=O)c3ccc(O)cc3)CCC(=O)N2[C@@H](C)C1=O. The van der Waals surface area contributed by atoms with Crippen LogP contribution in [0.4, 0.5) is 0 Å². The highest BCUT2D eigenvalue weighted by molar-refractivity contribution is 5.97. The van der Waals surface area contributed by atoms with Crippen LogP contribution in [0.25, 0.3) is 0 Å². The maximum absolute atomic E-state index is 13.0. The van der Waals surface area contributed by atoms with Gasteiger partial charge in [0.15, 0.2) is 0 Å². The standard InChI is InChI=1S/C20H27N3O4/c1-4-13(2)11-21-12-17-22(20(27)15-5-7-16(24)8-6-15)10-9-18(25)23(17)14(3)19(21)26/h5-8,13-14,17,24H,4,9-12H2,1-3H3/t13?,14-,17?/m0/s1. The van der Waals surface area contributed by atoms with Gasteiger partial charge in [-0.3, -0.25) is 14.4 Å². The Labute approximate surface area is 159 Å². The molecule has 2 aliphatic heterocycles. The summed E-state index contributed by atoms with van der Waals surface area (Å²) in [6, 6.07) is 5.53. The van der Waals surface area contributed by atoms with Crippen molar-refractivity contribution in [2.75, 3.05) is 19.6 Å². The Bertz CT molecular complexity index is 733. The van der Waals surface area contributed by atoms with Crippen LogP contribution in [-0.4, -0.2) is 69.4 Å². The fourth-order valence-electron chi connectivity index (χ4n) is 3.82. The fourth-order valence-corrected chi connectivity index (χ4v) is 3.82. The number of benzene rings is 1. The van der Waals surface area contributed by atoms with Gasteiger partial charge in [-0.25, -0.2) is 0 Å². The largest absolute Gasteiger partial charge is 0.508 e. The first-order valence-electron chi connectivity index (χ1n) is 9.53. The smallest absolute Gasteiger partial charge is 0.255 e. The molecule has 3 atom stereocenters. The lowest BCUT2D eigenvalue weighted by Gasteiger charge is -2.51. The number of phenolic OH excluding ortho intramolecular Hbond substituents is 1. The maximum atomic E-state index is 13.0. The minimum Gasteiger partial charge on any atom is -0.508 e. The zero-order valence-electron chi connectivity index (χ0n) is 16.1. The third-order valence-corrected chi connectivity index (χ3v) is 5.61. The summed E-state index contributed by atoms with van der Waals surface area (Å²) < 4.78 is 0. The summed E-state index contributed by atoms with van der Waals surface area (Å²) in [5, 5.41) is 9.45. The monoisotopic (exact) mass is 373 g/mol. The van der Waals surface area contributed by atoms with Crippen molar-refractivity contribution in [3.8, 4) is 5.75 Å². The lowest BCUT2D eigenvalue weighted by atomic mass is 10.0. The van der Waals surface area contributed by atoms with E-state index in [-0.39, 0.29) is 29.9 Å². The highest BCUT2D eigenvalue weighted by atomic mass is 16.3. The van der Waals surface area contributed by atoms with Crippen LogP contribution in [0.1, 0.15) is 44.0 Å². The van der Waals surface area contributed by atoms with Gasteiger partial charge in [-0.1, -0.05) is 20.3 Å². The summed E-state index contributed by atoms with van der Waals surface area (Å²) in [5.74, 6) is 0.118. The Morgan fingerprint density at radius 2 is 1.93 bits per heavy atom. The zero-order valence-corrected chi connectivity index (χ0v) is 16.1. The average molecular weight is 373 g/mol. The quantitative estimate of drug-likeness (QED) is 0.871. The molecule has 3 rings (SSSR count). The number of phenols is 1. The van der Waals surface area contributed by atoms with Gasteiger partial charge in [0.1, 0.15) is 18.0 Å². The topological polar surface area (TPSA) is 81.2 Å². The van der Waals surface area contributed by atoms with Gasteiger partial charge in [0, 0.05) is 25.1 Å². The number of piperazine rings is 1. The molecule has 2 aliphatic rings. The average Bonchev–Trinajstić information content (AvgIpc) is 2.65. The molecule has 2 fully saturated rings. The summed E-state index contributed by atoms with van der Waals surface area (Å²) in [5.41, 5.74) is 0.458. The Kier molecular flexibility index (Phi) is 5.39. The molecule has 3 amide bonds. The Morgan fingerprint density at radius 1 is 1.26 bits per heavy atom. The molecular weight excluding hydrogens is 346 g/mol. The van der Waals surface area contributed by atoms with Gasteiger partial charge in [-0.2, -0.15) is 0 Å². The van der Waals surface area contributed by atoms with Crippen LogP contribution in [0.2, 0.25) is 0 Å². The predicted molar refractivity (Wildman–Crippen MR) is 99.9 cm³/mol. The normalized spacial score (nSPS) is 24.0. The van der Waals surface area contributed by atoms with Gasteiger partial charge < -0.3 is 19.8 Å². The molecule has 0 saturated carbocycles. The van der Waals surface area contributed by atoms with E-state index in [1.54, 1.807) is 33.8 Å². The third kappa shape index (κ3) is 3.63. The van der Waals surface area contributed by atoms with E-state index in [9.17, 15) is 19.5 Å². The highest BCUT2D eigenvalue weighted by Gasteiger charge is 2.47. The molecule has 1 aromatic carbocycles. The van der Waals surface area contributed by atoms with Crippen molar-refractivity contribution < 1.29 is 19.5 Å². The van der Waals surface area contributed by atoms with Crippen LogP contribution in [0.3, 0.4) is 0 Å². The van der Waals surface area contributed by atoms with Crippen molar-refractivity contribution in [3.63, 3.8) is 0 Å². The molecule has 1 N–H and O–H groups in total. The maximum Gasteiger partial charge on any atom is 0.255 e. The summed E-state index contributed by atoms with van der Waals surface area (Å²) in [4.78, 5) is 43.3. The molecule has 0 radical (unpaired) electrons. The highest BCUT2D eigenvalue weighted by Crippen LogP contribution is 2.27. The van der Waals surface area contributed by atoms with Crippen molar-refractivity contribution in [3.05, 3.63) is 29.8 Å². The summed E-state index contributed by atoms with van der Waals surface area (Å²) in [6.07, 6.45) is 0.717. The van der Waals surface area contributed by atoms with Crippen molar-refractivity contribution in [1.29, 1.82) is 0 Å². The second-order valence-electron chi connectivity index (χ2n) is 7.51. The minimum atomic E-state index is -0.573. The van der Waals surface area contributed by atoms with Gasteiger partial charge in [0.05, 0.1) is 6.54 Å². The summed E-state index contributed by atoms with van der Waals surface area (Å²) in [6.45, 7) is 7.21. The number of amides is 3. The number of rotatable bonds is 4. The van der Waals surface area contributed by atoms with Crippen LogP contribution in [0.5, 0.6) is 5.75 Å². The second kappa shape index (κ2) is 7.58. The van der Waals surface area contributed by atoms with E-state index >= 15 is 0 Å². The van der Waals surface area contributed by atoms with Crippen LogP contribution in [-0.2, 0) is 9.59 Å².